The summed E-state index contributed by atoms with van der Waals surface area (Å²) in [6.45, 7) is 7.97. The Balaban J connectivity index is 1.27. The van der Waals surface area contributed by atoms with Gasteiger partial charge < -0.3 is 10.1 Å². The molecule has 240 valence electrons. The Morgan fingerprint density at radius 3 is 2.35 bits per heavy atom. The minimum absolute atomic E-state index is 0.0281. The number of nitrogens with one attached hydrogen (secondary N) is 1. The number of nitrogens with zero attached hydrogens (tertiary/aromatic N) is 5. The van der Waals surface area contributed by atoms with E-state index in [2.05, 4.69) is 33.7 Å². The van der Waals surface area contributed by atoms with Gasteiger partial charge >= 0.3 is 12.4 Å². The molecule has 0 bridgehead atoms. The van der Waals surface area contributed by atoms with Gasteiger partial charge in [-0.15, -0.1) is 29.6 Å². The van der Waals surface area contributed by atoms with E-state index in [0.717, 1.165) is 34.6 Å². The zero-order chi connectivity index (χ0) is 33.2. The van der Waals surface area contributed by atoms with E-state index in [1.54, 1.807) is 0 Å². The van der Waals surface area contributed by atoms with Crippen LogP contribution in [0, 0.1) is 13.8 Å². The fraction of sp³-hybridized carbons (Fsp3) is 0.250. The third kappa shape index (κ3) is 7.50. The van der Waals surface area contributed by atoms with Crippen molar-refractivity contribution in [3.8, 4) is 28.5 Å². The highest BCUT2D eigenvalue weighted by Crippen LogP contribution is 2.28. The molecule has 2 unspecified atom stereocenters. The maximum Gasteiger partial charge on any atom is 0.573 e. The molecule has 5 rings (SSSR count). The van der Waals surface area contributed by atoms with Gasteiger partial charge in [0.05, 0.1) is 11.4 Å². The summed E-state index contributed by atoms with van der Waals surface area (Å²) in [5.74, 6) is 0.0685. The first-order valence-electron chi connectivity index (χ1n) is 14.1. The Morgan fingerprint density at radius 2 is 1.70 bits per heavy atom. The van der Waals surface area contributed by atoms with Gasteiger partial charge in [-0.05, 0) is 66.8 Å². The van der Waals surface area contributed by atoms with Crippen LogP contribution in [0.25, 0.3) is 22.8 Å². The Kier molecular flexibility index (Phi) is 9.37. The third-order valence-corrected chi connectivity index (χ3v) is 7.90. The van der Waals surface area contributed by atoms with Gasteiger partial charge in [0.2, 0.25) is 6.30 Å². The summed E-state index contributed by atoms with van der Waals surface area (Å²) in [5.41, 5.74) is 4.68. The molecule has 2 aromatic heterocycles. The van der Waals surface area contributed by atoms with Crippen molar-refractivity contribution in [2.75, 3.05) is 0 Å². The highest BCUT2D eigenvalue weighted by atomic mass is 32.1. The maximum atomic E-state index is 15.1. The van der Waals surface area contributed by atoms with Crippen LogP contribution in [0.1, 0.15) is 48.3 Å². The predicted octanol–water partition coefficient (Wildman–Crippen LogP) is 8.04. The highest BCUT2D eigenvalue weighted by molar-refractivity contribution is 7.07. The SMILES string of the molecule is Cc1ccc(C(C)C)c(-n2c(C)cs/c2=N\C(=O)NC(F)C(F)c2ccc(-c3ncn(-c4ccc(OC(F)(F)F)cc4)n3)cc2)c1. The van der Waals surface area contributed by atoms with Gasteiger partial charge in [0.15, 0.2) is 16.8 Å². The number of thiazole rings is 1. The molecule has 8 nitrogen and oxygen atoms in total. The molecule has 3 aromatic carbocycles. The predicted molar refractivity (Wildman–Crippen MR) is 164 cm³/mol. The summed E-state index contributed by atoms with van der Waals surface area (Å²) < 4.78 is 74.3. The summed E-state index contributed by atoms with van der Waals surface area (Å²) in [4.78, 5) is 21.3. The van der Waals surface area contributed by atoms with Gasteiger partial charge in [0, 0.05) is 16.6 Å². The van der Waals surface area contributed by atoms with Gasteiger partial charge in [0.1, 0.15) is 12.1 Å². The van der Waals surface area contributed by atoms with E-state index >= 15 is 4.39 Å². The molecule has 14 heteroatoms. The number of alkyl halides is 5. The lowest BCUT2D eigenvalue weighted by Crippen LogP contribution is -2.34. The first-order chi connectivity index (χ1) is 21.8. The van der Waals surface area contributed by atoms with Crippen LogP contribution in [-0.4, -0.2) is 38.0 Å². The number of carbonyl (C=O) groups is 1. The highest BCUT2D eigenvalue weighted by Gasteiger charge is 2.31. The van der Waals surface area contributed by atoms with E-state index in [4.69, 9.17) is 0 Å². The van der Waals surface area contributed by atoms with Crippen LogP contribution in [0.15, 0.2) is 83.4 Å². The summed E-state index contributed by atoms with van der Waals surface area (Å²) in [6.07, 6.45) is -8.00. The number of amides is 2. The molecule has 46 heavy (non-hydrogen) atoms. The van der Waals surface area contributed by atoms with Gasteiger partial charge in [0.25, 0.3) is 0 Å². The molecule has 2 amide bonds. The molecule has 0 aliphatic rings. The molecule has 0 radical (unpaired) electrons. The Labute approximate surface area is 264 Å². The quantitative estimate of drug-likeness (QED) is 0.135. The van der Waals surface area contributed by atoms with E-state index in [9.17, 15) is 22.4 Å². The average molecular weight is 657 g/mol. The Morgan fingerprint density at radius 1 is 1.00 bits per heavy atom. The van der Waals surface area contributed by atoms with Crippen molar-refractivity contribution in [2.45, 2.75) is 52.4 Å². The fourth-order valence-electron chi connectivity index (χ4n) is 4.71. The molecule has 0 saturated carbocycles. The summed E-state index contributed by atoms with van der Waals surface area (Å²) in [5, 5.41) is 8.13. The lowest BCUT2D eigenvalue weighted by Gasteiger charge is -2.16. The van der Waals surface area contributed by atoms with Crippen LogP contribution in [0.5, 0.6) is 5.75 Å². The molecule has 1 N–H and O–H groups in total. The zero-order valence-corrected chi connectivity index (χ0v) is 25.9. The van der Waals surface area contributed by atoms with E-state index in [1.807, 2.05) is 47.3 Å². The van der Waals surface area contributed by atoms with Crippen molar-refractivity contribution in [2.24, 2.45) is 4.99 Å². The molecule has 2 heterocycles. The topological polar surface area (TPSA) is 86.3 Å². The van der Waals surface area contributed by atoms with E-state index in [1.165, 1.54) is 58.7 Å². The molecular weight excluding hydrogens is 627 g/mol. The number of halogens is 5. The van der Waals surface area contributed by atoms with Gasteiger partial charge in [-0.1, -0.05) is 50.2 Å². The lowest BCUT2D eigenvalue weighted by atomic mass is 9.99. The van der Waals surface area contributed by atoms with Gasteiger partial charge in [-0.3, -0.25) is 4.57 Å². The molecule has 0 saturated heterocycles. The molecule has 2 atom stereocenters. The maximum absolute atomic E-state index is 15.1. The number of hydrogen-bond acceptors (Lipinski definition) is 5. The monoisotopic (exact) mass is 656 g/mol. The normalized spacial score (nSPS) is 13.6. The number of benzene rings is 3. The van der Waals surface area contributed by atoms with Crippen LogP contribution in [-0.2, 0) is 0 Å². The second kappa shape index (κ2) is 13.3. The van der Waals surface area contributed by atoms with Gasteiger partial charge in [-0.2, -0.15) is 4.99 Å². The molecule has 5 aromatic rings. The number of aromatic nitrogens is 4. The number of hydrogen-bond donors (Lipinski definition) is 1. The second-order valence-corrected chi connectivity index (χ2v) is 11.6. The number of urea groups is 1. The van der Waals surface area contributed by atoms with Gasteiger partial charge in [-0.25, -0.2) is 23.2 Å². The van der Waals surface area contributed by atoms with Crippen molar-refractivity contribution in [1.82, 2.24) is 24.6 Å². The standard InChI is InChI=1S/C32H29F5N6O2S/c1-18(2)25-14-5-19(3)15-26(25)43-20(4)16-46-31(43)40-30(44)39-28(34)27(33)21-6-8-22(9-7-21)29-38-17-42(41-29)23-10-12-24(13-11-23)45-32(35,36)37/h5-18,27-28H,1-4H3,(H,39,44)/b40-31-. The first-order valence-corrected chi connectivity index (χ1v) is 15.0. The van der Waals surface area contributed by atoms with Crippen LogP contribution in [0.4, 0.5) is 26.7 Å². The molecular formula is C32H29F5N6O2S. The van der Waals surface area contributed by atoms with Crippen molar-refractivity contribution < 1.29 is 31.5 Å². The van der Waals surface area contributed by atoms with Crippen LogP contribution in [0.2, 0.25) is 0 Å². The van der Waals surface area contributed by atoms with Crippen LogP contribution < -0.4 is 14.9 Å². The zero-order valence-electron chi connectivity index (χ0n) is 25.1. The average Bonchev–Trinajstić information content (AvgIpc) is 3.63. The third-order valence-electron chi connectivity index (χ3n) is 6.96. The minimum atomic E-state index is -4.80. The minimum Gasteiger partial charge on any atom is -0.406 e. The number of ether oxygens (including phenoxy) is 1. The summed E-state index contributed by atoms with van der Waals surface area (Å²) >= 11 is 1.22. The molecule has 0 fully saturated rings. The summed E-state index contributed by atoms with van der Waals surface area (Å²) in [6, 6.07) is 15.7. The van der Waals surface area contributed by atoms with E-state index in [-0.39, 0.29) is 23.1 Å². The first kappa shape index (κ1) is 32.5. The number of carbonyl (C=O) groups excluding carboxylic acids is 1. The van der Waals surface area contributed by atoms with Crippen LogP contribution in [0.3, 0.4) is 0 Å². The molecule has 0 aliphatic heterocycles. The fourth-order valence-corrected chi connectivity index (χ4v) is 5.58. The molecule has 0 spiro atoms. The Hall–Kier alpha value is -4.85. The smallest absolute Gasteiger partial charge is 0.406 e. The number of aryl methyl sites for hydroxylation is 2. The molecule has 0 aliphatic carbocycles. The van der Waals surface area contributed by atoms with Crippen molar-refractivity contribution in [1.29, 1.82) is 0 Å². The lowest BCUT2D eigenvalue weighted by molar-refractivity contribution is -0.274. The number of rotatable bonds is 8. The summed E-state index contributed by atoms with van der Waals surface area (Å²) in [7, 11) is 0. The Bertz CT molecular complexity index is 1900. The van der Waals surface area contributed by atoms with Crippen molar-refractivity contribution in [3.05, 3.63) is 106 Å². The van der Waals surface area contributed by atoms with Crippen molar-refractivity contribution >= 4 is 17.4 Å². The van der Waals surface area contributed by atoms with Crippen LogP contribution >= 0.6 is 11.3 Å². The van der Waals surface area contributed by atoms with E-state index in [0.29, 0.717) is 16.1 Å². The largest absolute Gasteiger partial charge is 0.573 e. The second-order valence-electron chi connectivity index (χ2n) is 10.8. The van der Waals surface area contributed by atoms with Crippen molar-refractivity contribution in [3.63, 3.8) is 0 Å². The van der Waals surface area contributed by atoms with E-state index < -0.39 is 24.9 Å².